The van der Waals surface area contributed by atoms with Gasteiger partial charge < -0.3 is 15.2 Å². The summed E-state index contributed by atoms with van der Waals surface area (Å²) in [5.41, 5.74) is -0.763. The van der Waals surface area contributed by atoms with E-state index in [4.69, 9.17) is 4.74 Å². The first-order valence-corrected chi connectivity index (χ1v) is 7.74. The van der Waals surface area contributed by atoms with Crippen LogP contribution in [0.15, 0.2) is 0 Å². The molecule has 0 heterocycles. The Balaban J connectivity index is 2.37. The SMILES string of the molecule is CCCCCCOC1CCCC(NCC)(C(=O)O)C1. The molecule has 0 radical (unpaired) electrons. The average molecular weight is 271 g/mol. The molecule has 0 spiro atoms. The maximum Gasteiger partial charge on any atom is 0.323 e. The number of unbranched alkanes of at least 4 members (excludes halogenated alkanes) is 3. The van der Waals surface area contributed by atoms with Crippen molar-refractivity contribution < 1.29 is 14.6 Å². The molecule has 4 nitrogen and oxygen atoms in total. The fraction of sp³-hybridized carbons (Fsp3) is 0.933. The molecule has 0 aromatic rings. The summed E-state index contributed by atoms with van der Waals surface area (Å²) in [6.45, 7) is 5.61. The van der Waals surface area contributed by atoms with Crippen LogP contribution in [0.3, 0.4) is 0 Å². The number of ether oxygens (including phenoxy) is 1. The second-order valence-electron chi connectivity index (χ2n) is 5.57. The first-order chi connectivity index (χ1) is 9.14. The summed E-state index contributed by atoms with van der Waals surface area (Å²) in [6, 6.07) is 0. The van der Waals surface area contributed by atoms with E-state index in [-0.39, 0.29) is 6.10 Å². The Morgan fingerprint density at radius 2 is 2.16 bits per heavy atom. The van der Waals surface area contributed by atoms with E-state index in [1.165, 1.54) is 19.3 Å². The molecular weight excluding hydrogens is 242 g/mol. The molecule has 4 heteroatoms. The number of nitrogens with one attached hydrogen (secondary N) is 1. The Labute approximate surface area is 116 Å². The van der Waals surface area contributed by atoms with Crippen molar-refractivity contribution in [3.63, 3.8) is 0 Å². The second kappa shape index (κ2) is 8.54. The Hall–Kier alpha value is -0.610. The molecule has 1 rings (SSSR count). The lowest BCUT2D eigenvalue weighted by Gasteiger charge is -2.38. The van der Waals surface area contributed by atoms with E-state index >= 15 is 0 Å². The van der Waals surface area contributed by atoms with E-state index in [1.807, 2.05) is 6.92 Å². The largest absolute Gasteiger partial charge is 0.480 e. The van der Waals surface area contributed by atoms with Crippen molar-refractivity contribution in [3.05, 3.63) is 0 Å². The van der Waals surface area contributed by atoms with Crippen LogP contribution in [-0.4, -0.2) is 35.9 Å². The third-order valence-electron chi connectivity index (χ3n) is 3.98. The van der Waals surface area contributed by atoms with Gasteiger partial charge in [-0.3, -0.25) is 4.79 Å². The van der Waals surface area contributed by atoms with Gasteiger partial charge in [0.25, 0.3) is 0 Å². The molecule has 0 amide bonds. The molecule has 1 aliphatic rings. The Bertz CT molecular complexity index is 266. The molecule has 0 saturated heterocycles. The minimum atomic E-state index is -0.763. The topological polar surface area (TPSA) is 58.6 Å². The highest BCUT2D eigenvalue weighted by molar-refractivity contribution is 5.79. The molecule has 1 aliphatic carbocycles. The summed E-state index contributed by atoms with van der Waals surface area (Å²) < 4.78 is 5.88. The van der Waals surface area contributed by atoms with Crippen molar-refractivity contribution in [2.75, 3.05) is 13.2 Å². The normalized spacial score (nSPS) is 27.4. The second-order valence-corrected chi connectivity index (χ2v) is 5.57. The molecular formula is C15H29NO3. The van der Waals surface area contributed by atoms with Crippen molar-refractivity contribution in [2.45, 2.75) is 76.9 Å². The molecule has 0 aromatic carbocycles. The van der Waals surface area contributed by atoms with Crippen LogP contribution in [0.5, 0.6) is 0 Å². The Morgan fingerprint density at radius 1 is 1.37 bits per heavy atom. The monoisotopic (exact) mass is 271 g/mol. The molecule has 0 aliphatic heterocycles. The molecule has 2 unspecified atom stereocenters. The number of hydrogen-bond acceptors (Lipinski definition) is 3. The molecule has 1 fully saturated rings. The van der Waals surface area contributed by atoms with E-state index in [2.05, 4.69) is 12.2 Å². The van der Waals surface area contributed by atoms with Gasteiger partial charge in [-0.1, -0.05) is 33.1 Å². The summed E-state index contributed by atoms with van der Waals surface area (Å²) >= 11 is 0. The predicted octanol–water partition coefficient (Wildman–Crippen LogP) is 2.96. The van der Waals surface area contributed by atoms with Crippen LogP contribution in [0.25, 0.3) is 0 Å². The number of aliphatic carboxylic acids is 1. The third-order valence-corrected chi connectivity index (χ3v) is 3.98. The molecule has 2 N–H and O–H groups in total. The molecule has 19 heavy (non-hydrogen) atoms. The van der Waals surface area contributed by atoms with Crippen LogP contribution in [0.4, 0.5) is 0 Å². The van der Waals surface area contributed by atoms with Gasteiger partial charge in [-0.2, -0.15) is 0 Å². The first-order valence-electron chi connectivity index (χ1n) is 7.74. The van der Waals surface area contributed by atoms with Crippen molar-refractivity contribution in [1.29, 1.82) is 0 Å². The van der Waals surface area contributed by atoms with Gasteiger partial charge in [-0.15, -0.1) is 0 Å². The minimum Gasteiger partial charge on any atom is -0.480 e. The van der Waals surface area contributed by atoms with Gasteiger partial charge in [0, 0.05) is 13.0 Å². The van der Waals surface area contributed by atoms with E-state index in [1.54, 1.807) is 0 Å². The van der Waals surface area contributed by atoms with Crippen LogP contribution in [0, 0.1) is 0 Å². The fourth-order valence-electron chi connectivity index (χ4n) is 2.91. The number of carbonyl (C=O) groups is 1. The van der Waals surface area contributed by atoms with Crippen LogP contribution < -0.4 is 5.32 Å². The van der Waals surface area contributed by atoms with Gasteiger partial charge in [0.2, 0.25) is 0 Å². The van der Waals surface area contributed by atoms with E-state index in [0.29, 0.717) is 19.4 Å². The first kappa shape index (κ1) is 16.4. The van der Waals surface area contributed by atoms with E-state index < -0.39 is 11.5 Å². The van der Waals surface area contributed by atoms with E-state index in [0.717, 1.165) is 25.9 Å². The summed E-state index contributed by atoms with van der Waals surface area (Å²) in [7, 11) is 0. The lowest BCUT2D eigenvalue weighted by atomic mass is 9.80. The molecule has 0 bridgehead atoms. The van der Waals surface area contributed by atoms with Crippen LogP contribution in [-0.2, 0) is 9.53 Å². The van der Waals surface area contributed by atoms with Gasteiger partial charge in [-0.05, 0) is 32.2 Å². The fourth-order valence-corrected chi connectivity index (χ4v) is 2.91. The quantitative estimate of drug-likeness (QED) is 0.633. The molecule has 112 valence electrons. The molecule has 0 aromatic heterocycles. The smallest absolute Gasteiger partial charge is 0.323 e. The van der Waals surface area contributed by atoms with Crippen molar-refractivity contribution in [1.82, 2.24) is 5.32 Å². The zero-order chi connectivity index (χ0) is 14.1. The van der Waals surface area contributed by atoms with Crippen molar-refractivity contribution in [2.24, 2.45) is 0 Å². The van der Waals surface area contributed by atoms with Crippen molar-refractivity contribution >= 4 is 5.97 Å². The molecule has 2 atom stereocenters. The van der Waals surface area contributed by atoms with Gasteiger partial charge >= 0.3 is 5.97 Å². The van der Waals surface area contributed by atoms with Crippen LogP contribution in [0.2, 0.25) is 0 Å². The summed E-state index contributed by atoms with van der Waals surface area (Å²) in [4.78, 5) is 11.5. The number of rotatable bonds is 9. The highest BCUT2D eigenvalue weighted by Gasteiger charge is 2.42. The average Bonchev–Trinajstić information content (AvgIpc) is 2.39. The maximum absolute atomic E-state index is 11.5. The number of likely N-dealkylation sites (N-methyl/N-ethyl adjacent to an activating group) is 1. The lowest BCUT2D eigenvalue weighted by Crippen LogP contribution is -2.56. The lowest BCUT2D eigenvalue weighted by molar-refractivity contribution is -0.149. The zero-order valence-corrected chi connectivity index (χ0v) is 12.4. The number of carboxylic acid groups (broad SMARTS) is 1. The third kappa shape index (κ3) is 5.11. The summed E-state index contributed by atoms with van der Waals surface area (Å²) in [5, 5.41) is 12.6. The minimum absolute atomic E-state index is 0.102. The summed E-state index contributed by atoms with van der Waals surface area (Å²) in [6.07, 6.45) is 8.12. The van der Waals surface area contributed by atoms with Gasteiger partial charge in [0.05, 0.1) is 6.10 Å². The van der Waals surface area contributed by atoms with Gasteiger partial charge in [0.15, 0.2) is 0 Å². The number of carboxylic acids is 1. The van der Waals surface area contributed by atoms with Crippen LogP contribution in [0.1, 0.15) is 65.2 Å². The van der Waals surface area contributed by atoms with E-state index in [9.17, 15) is 9.90 Å². The summed E-state index contributed by atoms with van der Waals surface area (Å²) in [5.74, 6) is -0.728. The van der Waals surface area contributed by atoms with Crippen LogP contribution >= 0.6 is 0 Å². The highest BCUT2D eigenvalue weighted by Crippen LogP contribution is 2.30. The van der Waals surface area contributed by atoms with Gasteiger partial charge in [-0.25, -0.2) is 0 Å². The predicted molar refractivity (Wildman–Crippen MR) is 76.4 cm³/mol. The highest BCUT2D eigenvalue weighted by atomic mass is 16.5. The Kier molecular flexibility index (Phi) is 7.39. The van der Waals surface area contributed by atoms with Gasteiger partial charge in [0.1, 0.15) is 5.54 Å². The Morgan fingerprint density at radius 3 is 2.79 bits per heavy atom. The molecule has 1 saturated carbocycles. The maximum atomic E-state index is 11.5. The standard InChI is InChI=1S/C15H29NO3/c1-3-5-6-7-11-19-13-9-8-10-15(12-13,14(17)18)16-4-2/h13,16H,3-12H2,1-2H3,(H,17,18). The van der Waals surface area contributed by atoms with Crippen molar-refractivity contribution in [3.8, 4) is 0 Å². The zero-order valence-electron chi connectivity index (χ0n) is 12.4. The number of hydrogen-bond donors (Lipinski definition) is 2.